The van der Waals surface area contributed by atoms with Crippen LogP contribution in [0.4, 0.5) is 11.4 Å². The Kier molecular flexibility index (Phi) is 6.80. The number of carbonyl (C=O) groups is 1. The van der Waals surface area contributed by atoms with Crippen molar-refractivity contribution in [3.63, 3.8) is 0 Å². The number of anilines is 1. The van der Waals surface area contributed by atoms with Crippen molar-refractivity contribution < 1.29 is 9.72 Å². The maximum absolute atomic E-state index is 12.6. The van der Waals surface area contributed by atoms with Gasteiger partial charge in [0.05, 0.1) is 4.92 Å². The van der Waals surface area contributed by atoms with Gasteiger partial charge in [-0.25, -0.2) is 0 Å². The summed E-state index contributed by atoms with van der Waals surface area (Å²) in [6, 6.07) is 13.2. The molecule has 5 nitrogen and oxygen atoms in total. The zero-order valence-electron chi connectivity index (χ0n) is 18.0. The highest BCUT2D eigenvalue weighted by molar-refractivity contribution is 6.06. The molecule has 1 saturated carbocycles. The van der Waals surface area contributed by atoms with Gasteiger partial charge in [-0.1, -0.05) is 55.7 Å². The van der Waals surface area contributed by atoms with E-state index >= 15 is 0 Å². The van der Waals surface area contributed by atoms with Gasteiger partial charge in [0.15, 0.2) is 5.78 Å². The molecule has 31 heavy (non-hydrogen) atoms. The van der Waals surface area contributed by atoms with Crippen molar-refractivity contribution in [3.05, 3.63) is 75.3 Å². The van der Waals surface area contributed by atoms with Crippen molar-refractivity contribution in [1.82, 2.24) is 0 Å². The number of hydrogen-bond donors (Lipinski definition) is 0. The number of hydrogen-bond acceptors (Lipinski definition) is 4. The Morgan fingerprint density at radius 2 is 1.61 bits per heavy atom. The molecule has 0 N–H and O–H groups in total. The third-order valence-corrected chi connectivity index (χ3v) is 6.59. The van der Waals surface area contributed by atoms with Crippen molar-refractivity contribution in [3.8, 4) is 0 Å². The third-order valence-electron chi connectivity index (χ3n) is 6.59. The lowest BCUT2D eigenvalue weighted by Gasteiger charge is -2.28. The molecule has 0 amide bonds. The molecule has 1 saturated heterocycles. The van der Waals surface area contributed by atoms with Crippen LogP contribution in [0.3, 0.4) is 0 Å². The fraction of sp³-hybridized carbons (Fsp3) is 0.423. The maximum Gasteiger partial charge on any atom is 0.293 e. The molecule has 2 aromatic carbocycles. The molecule has 5 heteroatoms. The van der Waals surface area contributed by atoms with Crippen LogP contribution in [0.15, 0.2) is 48.5 Å². The lowest BCUT2D eigenvalue weighted by Crippen LogP contribution is -2.29. The summed E-state index contributed by atoms with van der Waals surface area (Å²) in [5, 5.41) is 11.6. The van der Waals surface area contributed by atoms with Gasteiger partial charge in [-0.15, -0.1) is 0 Å². The first-order valence-corrected chi connectivity index (χ1v) is 11.5. The molecule has 0 atom stereocenters. The fourth-order valence-electron chi connectivity index (χ4n) is 4.82. The number of nitro benzene ring substituents is 1. The molecular formula is C26H30N2O3. The molecule has 2 fully saturated rings. The molecule has 1 aliphatic heterocycles. The predicted molar refractivity (Wildman–Crippen MR) is 125 cm³/mol. The molecule has 0 bridgehead atoms. The average molecular weight is 419 g/mol. The number of rotatable bonds is 6. The number of nitro groups is 1. The quantitative estimate of drug-likeness (QED) is 0.232. The first kappa shape index (κ1) is 21.3. The summed E-state index contributed by atoms with van der Waals surface area (Å²) < 4.78 is 0. The van der Waals surface area contributed by atoms with Gasteiger partial charge in [-0.05, 0) is 61.3 Å². The van der Waals surface area contributed by atoms with Gasteiger partial charge in [-0.3, -0.25) is 14.9 Å². The van der Waals surface area contributed by atoms with E-state index in [2.05, 4.69) is 17.0 Å². The molecule has 0 radical (unpaired) electrons. The van der Waals surface area contributed by atoms with Crippen molar-refractivity contribution in [1.29, 1.82) is 0 Å². The molecule has 1 aliphatic carbocycles. The molecule has 4 rings (SSSR count). The molecule has 0 aromatic heterocycles. The number of carbonyl (C=O) groups excluding carboxylic acids is 1. The van der Waals surface area contributed by atoms with E-state index in [4.69, 9.17) is 0 Å². The van der Waals surface area contributed by atoms with Crippen LogP contribution >= 0.6 is 0 Å². The lowest BCUT2D eigenvalue weighted by atomic mass is 9.84. The summed E-state index contributed by atoms with van der Waals surface area (Å²) in [6.45, 7) is 1.71. The van der Waals surface area contributed by atoms with Crippen LogP contribution in [0.25, 0.3) is 6.08 Å². The highest BCUT2D eigenvalue weighted by Gasteiger charge is 2.21. The van der Waals surface area contributed by atoms with Crippen molar-refractivity contribution in [2.24, 2.45) is 0 Å². The third kappa shape index (κ3) is 5.22. The van der Waals surface area contributed by atoms with E-state index in [1.54, 1.807) is 12.1 Å². The monoisotopic (exact) mass is 418 g/mol. The fourth-order valence-corrected chi connectivity index (χ4v) is 4.82. The topological polar surface area (TPSA) is 63.5 Å². The van der Waals surface area contributed by atoms with E-state index in [9.17, 15) is 14.9 Å². The minimum atomic E-state index is -0.326. The molecule has 162 valence electrons. The molecule has 2 aromatic rings. The normalized spacial score (nSPS) is 17.7. The van der Waals surface area contributed by atoms with Crippen LogP contribution in [0.5, 0.6) is 0 Å². The Balaban J connectivity index is 1.46. The summed E-state index contributed by atoms with van der Waals surface area (Å²) in [5.41, 5.74) is 3.42. The number of benzene rings is 2. The van der Waals surface area contributed by atoms with Gasteiger partial charge in [-0.2, -0.15) is 0 Å². The maximum atomic E-state index is 12.6. The van der Waals surface area contributed by atoms with Gasteiger partial charge < -0.3 is 4.90 Å². The van der Waals surface area contributed by atoms with Gasteiger partial charge >= 0.3 is 0 Å². The summed E-state index contributed by atoms with van der Waals surface area (Å²) in [4.78, 5) is 26.0. The Morgan fingerprint density at radius 1 is 0.935 bits per heavy atom. The van der Waals surface area contributed by atoms with Gasteiger partial charge in [0.1, 0.15) is 5.69 Å². The zero-order chi connectivity index (χ0) is 21.6. The Labute approximate surface area is 183 Å². The first-order chi connectivity index (χ1) is 15.1. The van der Waals surface area contributed by atoms with Crippen molar-refractivity contribution in [2.75, 3.05) is 18.0 Å². The summed E-state index contributed by atoms with van der Waals surface area (Å²) in [7, 11) is 0. The van der Waals surface area contributed by atoms with Crippen molar-refractivity contribution in [2.45, 2.75) is 57.3 Å². The minimum absolute atomic E-state index is 0.0852. The number of ketones is 1. The molecule has 2 aliphatic rings. The second kappa shape index (κ2) is 9.90. The highest BCUT2D eigenvalue weighted by atomic mass is 16.6. The second-order valence-corrected chi connectivity index (χ2v) is 8.71. The summed E-state index contributed by atoms with van der Waals surface area (Å²) in [5.74, 6) is 0.533. The molecular weight excluding hydrogens is 388 g/mol. The molecule has 1 heterocycles. The van der Waals surface area contributed by atoms with Crippen LogP contribution in [0.2, 0.25) is 0 Å². The van der Waals surface area contributed by atoms with E-state index in [0.717, 1.165) is 25.9 Å². The van der Waals surface area contributed by atoms with Crippen LogP contribution in [0, 0.1) is 10.1 Å². The van der Waals surface area contributed by atoms with Crippen LogP contribution in [-0.4, -0.2) is 23.8 Å². The number of allylic oxidation sites excluding steroid dienone is 1. The Bertz CT molecular complexity index is 953. The smallest absolute Gasteiger partial charge is 0.293 e. The van der Waals surface area contributed by atoms with Crippen LogP contribution < -0.4 is 4.90 Å². The minimum Gasteiger partial charge on any atom is -0.366 e. The van der Waals surface area contributed by atoms with Crippen LogP contribution in [0.1, 0.15) is 78.8 Å². The van der Waals surface area contributed by atoms with Gasteiger partial charge in [0, 0.05) is 24.7 Å². The Hall–Kier alpha value is -2.95. The van der Waals surface area contributed by atoms with Crippen molar-refractivity contribution >= 4 is 23.2 Å². The number of nitrogens with zero attached hydrogens (tertiary/aromatic N) is 2. The largest absolute Gasteiger partial charge is 0.366 e. The van der Waals surface area contributed by atoms with Gasteiger partial charge in [0.25, 0.3) is 5.69 Å². The van der Waals surface area contributed by atoms with E-state index in [0.29, 0.717) is 22.7 Å². The van der Waals surface area contributed by atoms with Crippen LogP contribution in [-0.2, 0) is 0 Å². The first-order valence-electron chi connectivity index (χ1n) is 11.5. The van der Waals surface area contributed by atoms with E-state index in [1.165, 1.54) is 50.2 Å². The Morgan fingerprint density at radius 3 is 2.29 bits per heavy atom. The summed E-state index contributed by atoms with van der Waals surface area (Å²) in [6.07, 6.45) is 12.9. The molecule has 0 spiro atoms. The standard InChI is InChI=1S/C26H30N2O3/c29-26(23-13-11-22(12-14-23)21-7-3-1-4-8-21)16-10-20-9-15-24(25(19-20)28(30)31)27-17-5-2-6-18-27/h9-16,19,21H,1-8,17-18H2/b16-10+. The summed E-state index contributed by atoms with van der Waals surface area (Å²) >= 11 is 0. The SMILES string of the molecule is O=C(/C=C/c1ccc(N2CCCCC2)c([N+](=O)[O-])c1)c1ccc(C2CCCCC2)cc1. The predicted octanol–water partition coefficient (Wildman–Crippen LogP) is 6.53. The van der Waals surface area contributed by atoms with E-state index < -0.39 is 0 Å². The van der Waals surface area contributed by atoms with Gasteiger partial charge in [0.2, 0.25) is 0 Å². The lowest BCUT2D eigenvalue weighted by molar-refractivity contribution is -0.384. The molecule has 0 unspecified atom stereocenters. The van der Waals surface area contributed by atoms with E-state index in [1.807, 2.05) is 24.3 Å². The second-order valence-electron chi connectivity index (χ2n) is 8.71. The zero-order valence-corrected chi connectivity index (χ0v) is 18.0. The highest BCUT2D eigenvalue weighted by Crippen LogP contribution is 2.33. The van der Waals surface area contributed by atoms with E-state index in [-0.39, 0.29) is 16.4 Å². The average Bonchev–Trinajstić information content (AvgIpc) is 2.83. The number of piperidine rings is 1.